The Balaban J connectivity index is 1.46. The zero-order valence-corrected chi connectivity index (χ0v) is 29.5. The van der Waals surface area contributed by atoms with Crippen molar-refractivity contribution in [2.24, 2.45) is 0 Å². The Bertz CT molecular complexity index is 1510. The average Bonchev–Trinajstić information content (AvgIpc) is 3.02. The fourth-order valence-electron chi connectivity index (χ4n) is 5.16. The Hall–Kier alpha value is -3.61. The minimum absolute atomic E-state index is 0.138. The van der Waals surface area contributed by atoms with Gasteiger partial charge in [0.15, 0.2) is 15.1 Å². The smallest absolute Gasteiger partial charge is 0.323 e. The van der Waals surface area contributed by atoms with E-state index in [2.05, 4.69) is 57.8 Å². The van der Waals surface area contributed by atoms with Gasteiger partial charge in [0, 0.05) is 26.4 Å². The molecule has 0 saturated carbocycles. The number of rotatable bonds is 13. The highest BCUT2D eigenvalue weighted by Crippen LogP contribution is 2.47. The fourth-order valence-corrected chi connectivity index (χ4v) is 6.25. The maximum Gasteiger partial charge on any atom is 0.323 e. The SMILES string of the molecule is COCOc1ccc(C2(C)C(=O)Oc3cc(COC)ccc3C2C#CCOc2ccc(CCCO[Si](C)(C)C(C)(C)C)cc2)cc1. The normalized spacial score (nSPS) is 17.8. The van der Waals surface area contributed by atoms with Crippen LogP contribution in [-0.2, 0) is 37.1 Å². The van der Waals surface area contributed by atoms with E-state index in [0.717, 1.165) is 41.9 Å². The van der Waals surface area contributed by atoms with E-state index < -0.39 is 19.7 Å². The lowest BCUT2D eigenvalue weighted by Crippen LogP contribution is -2.45. The van der Waals surface area contributed by atoms with E-state index in [9.17, 15) is 4.79 Å². The van der Waals surface area contributed by atoms with E-state index in [0.29, 0.717) is 18.1 Å². The number of fused-ring (bicyclic) bond motifs is 1. The van der Waals surface area contributed by atoms with Gasteiger partial charge in [-0.3, -0.25) is 4.79 Å². The van der Waals surface area contributed by atoms with Gasteiger partial charge >= 0.3 is 5.97 Å². The highest BCUT2D eigenvalue weighted by molar-refractivity contribution is 6.74. The van der Waals surface area contributed by atoms with Crippen molar-refractivity contribution in [1.29, 1.82) is 0 Å². The molecule has 0 spiro atoms. The summed E-state index contributed by atoms with van der Waals surface area (Å²) in [5.74, 6) is 7.62. The van der Waals surface area contributed by atoms with Gasteiger partial charge < -0.3 is 28.1 Å². The van der Waals surface area contributed by atoms with Crippen LogP contribution >= 0.6 is 0 Å². The summed E-state index contributed by atoms with van der Waals surface area (Å²) in [5, 5.41) is 0.218. The second kappa shape index (κ2) is 15.3. The van der Waals surface area contributed by atoms with Crippen molar-refractivity contribution in [3.8, 4) is 29.1 Å². The molecular formula is C38H48O7Si. The van der Waals surface area contributed by atoms with E-state index in [1.165, 1.54) is 5.56 Å². The topological polar surface area (TPSA) is 72.5 Å². The molecule has 8 heteroatoms. The molecule has 7 nitrogen and oxygen atoms in total. The number of esters is 1. The van der Waals surface area contributed by atoms with Crippen molar-refractivity contribution in [3.05, 3.63) is 89.0 Å². The molecule has 0 aliphatic carbocycles. The lowest BCUT2D eigenvalue weighted by Gasteiger charge is -2.38. The molecule has 46 heavy (non-hydrogen) atoms. The number of hydrogen-bond acceptors (Lipinski definition) is 7. The predicted octanol–water partition coefficient (Wildman–Crippen LogP) is 7.81. The zero-order chi connectivity index (χ0) is 33.4. The molecule has 1 aliphatic heterocycles. The number of methoxy groups -OCH3 is 2. The van der Waals surface area contributed by atoms with Crippen LogP contribution in [0.15, 0.2) is 66.7 Å². The van der Waals surface area contributed by atoms with Gasteiger partial charge in [-0.15, -0.1) is 0 Å². The molecule has 3 aromatic rings. The first-order valence-corrected chi connectivity index (χ1v) is 18.7. The Labute approximate surface area is 275 Å². The number of benzene rings is 3. The van der Waals surface area contributed by atoms with Crippen LogP contribution in [0.3, 0.4) is 0 Å². The first-order chi connectivity index (χ1) is 21.9. The molecule has 1 aliphatic rings. The van der Waals surface area contributed by atoms with Gasteiger partial charge in [0.05, 0.1) is 12.5 Å². The summed E-state index contributed by atoms with van der Waals surface area (Å²) < 4.78 is 34.1. The second-order valence-electron chi connectivity index (χ2n) is 13.4. The van der Waals surface area contributed by atoms with E-state index >= 15 is 0 Å². The van der Waals surface area contributed by atoms with Crippen LogP contribution < -0.4 is 14.2 Å². The molecule has 2 atom stereocenters. The van der Waals surface area contributed by atoms with Crippen molar-refractivity contribution >= 4 is 14.3 Å². The zero-order valence-electron chi connectivity index (χ0n) is 28.5. The number of aryl methyl sites for hydroxylation is 1. The van der Waals surface area contributed by atoms with Crippen molar-refractivity contribution in [1.82, 2.24) is 0 Å². The third kappa shape index (κ3) is 8.40. The predicted molar refractivity (Wildman–Crippen MR) is 183 cm³/mol. The molecule has 0 aromatic heterocycles. The molecule has 0 bridgehead atoms. The Morgan fingerprint density at radius 1 is 0.891 bits per heavy atom. The van der Waals surface area contributed by atoms with E-state index in [4.69, 9.17) is 28.1 Å². The van der Waals surface area contributed by atoms with Crippen molar-refractivity contribution in [2.45, 2.75) is 76.6 Å². The third-order valence-corrected chi connectivity index (χ3v) is 13.6. The fraction of sp³-hybridized carbons (Fsp3) is 0.447. The van der Waals surface area contributed by atoms with Gasteiger partial charge in [0.25, 0.3) is 0 Å². The van der Waals surface area contributed by atoms with Crippen LogP contribution in [-0.4, -0.2) is 48.5 Å². The van der Waals surface area contributed by atoms with Crippen molar-refractivity contribution < 1.29 is 32.9 Å². The number of ether oxygens (including phenoxy) is 5. The van der Waals surface area contributed by atoms with Crippen LogP contribution in [0.1, 0.15) is 62.3 Å². The number of carbonyl (C=O) groups excluding carboxylic acids is 1. The summed E-state index contributed by atoms with van der Waals surface area (Å²) >= 11 is 0. The first-order valence-electron chi connectivity index (χ1n) is 15.8. The highest BCUT2D eigenvalue weighted by Gasteiger charge is 2.49. The Kier molecular flexibility index (Phi) is 11.7. The van der Waals surface area contributed by atoms with Crippen LogP contribution in [0.2, 0.25) is 18.1 Å². The third-order valence-electron chi connectivity index (χ3n) is 9.06. The Morgan fingerprint density at radius 2 is 1.54 bits per heavy atom. The van der Waals surface area contributed by atoms with Crippen LogP contribution in [0.25, 0.3) is 0 Å². The summed E-state index contributed by atoms with van der Waals surface area (Å²) in [5.41, 5.74) is 2.73. The maximum atomic E-state index is 13.7. The molecule has 0 radical (unpaired) electrons. The van der Waals surface area contributed by atoms with E-state index in [1.54, 1.807) is 14.2 Å². The summed E-state index contributed by atoms with van der Waals surface area (Å²) in [6, 6.07) is 21.4. The maximum absolute atomic E-state index is 13.7. The molecule has 246 valence electrons. The molecule has 3 aromatic carbocycles. The molecule has 0 saturated heterocycles. The average molecular weight is 645 g/mol. The van der Waals surface area contributed by atoms with Crippen molar-refractivity contribution in [2.75, 3.05) is 34.2 Å². The molecule has 4 rings (SSSR count). The summed E-state index contributed by atoms with van der Waals surface area (Å²) in [7, 11) is 1.48. The lowest BCUT2D eigenvalue weighted by molar-refractivity contribution is -0.142. The molecule has 0 amide bonds. The highest BCUT2D eigenvalue weighted by atomic mass is 28.4. The van der Waals surface area contributed by atoms with Crippen LogP contribution in [0.5, 0.6) is 17.2 Å². The molecule has 1 heterocycles. The van der Waals surface area contributed by atoms with Gasteiger partial charge in [-0.25, -0.2) is 0 Å². The van der Waals surface area contributed by atoms with E-state index in [-0.39, 0.29) is 24.4 Å². The molecular weight excluding hydrogens is 596 g/mol. The van der Waals surface area contributed by atoms with Crippen molar-refractivity contribution in [3.63, 3.8) is 0 Å². The van der Waals surface area contributed by atoms with E-state index in [1.807, 2.05) is 61.5 Å². The van der Waals surface area contributed by atoms with Crippen LogP contribution in [0.4, 0.5) is 0 Å². The molecule has 0 fully saturated rings. The van der Waals surface area contributed by atoms with Gasteiger partial charge in [-0.05, 0) is 84.9 Å². The largest absolute Gasteiger partial charge is 0.481 e. The van der Waals surface area contributed by atoms with Gasteiger partial charge in [0.2, 0.25) is 0 Å². The lowest BCUT2D eigenvalue weighted by atomic mass is 9.67. The quantitative estimate of drug-likeness (QED) is 0.0469. The minimum Gasteiger partial charge on any atom is -0.481 e. The first kappa shape index (κ1) is 35.2. The van der Waals surface area contributed by atoms with Gasteiger partial charge in [-0.1, -0.05) is 69.0 Å². The summed E-state index contributed by atoms with van der Waals surface area (Å²) in [6.45, 7) is 14.8. The second-order valence-corrected chi connectivity index (χ2v) is 18.2. The van der Waals surface area contributed by atoms with Gasteiger partial charge in [-0.2, -0.15) is 0 Å². The standard InChI is InChI=1S/C38H48O7Si/c1-37(2,3)46(7,8)44-24-9-11-28-13-18-31(19-14-28)42-23-10-12-34-33-22-15-29(26-40-5)25-35(33)45-36(39)38(34,4)30-16-20-32(21-17-30)43-27-41-6/h13-22,25,34H,9,11,23-24,26-27H2,1-8H3. The van der Waals surface area contributed by atoms with Gasteiger partial charge in [0.1, 0.15) is 29.3 Å². The molecule has 2 unspecified atom stereocenters. The Morgan fingerprint density at radius 3 is 2.20 bits per heavy atom. The van der Waals surface area contributed by atoms with Crippen LogP contribution in [0, 0.1) is 11.8 Å². The summed E-state index contributed by atoms with van der Waals surface area (Å²) in [6.07, 6.45) is 1.94. The molecule has 0 N–H and O–H groups in total. The summed E-state index contributed by atoms with van der Waals surface area (Å²) in [4.78, 5) is 13.7. The number of hydrogen-bond donors (Lipinski definition) is 0. The minimum atomic E-state index is -1.72. The number of carbonyl (C=O) groups is 1. The monoisotopic (exact) mass is 644 g/mol.